The van der Waals surface area contributed by atoms with Gasteiger partial charge in [0.15, 0.2) is 16.6 Å². The molecule has 0 bridgehead atoms. The number of aryl methyl sites for hydroxylation is 2. The summed E-state index contributed by atoms with van der Waals surface area (Å²) in [5.41, 5.74) is 5.74. The number of thiazole rings is 1. The van der Waals surface area contributed by atoms with E-state index in [9.17, 15) is 37.1 Å². The molecule has 5 heterocycles. The summed E-state index contributed by atoms with van der Waals surface area (Å²) in [6.45, 7) is 12.0. The summed E-state index contributed by atoms with van der Waals surface area (Å²) in [7, 11) is 0. The minimum Gasteiger partial charge on any atom is -0.448 e. The number of benzene rings is 2. The van der Waals surface area contributed by atoms with Crippen molar-refractivity contribution in [1.29, 1.82) is 0 Å². The molecular weight excluding hydrogens is 1030 g/mol. The number of halogens is 4. The zero-order valence-corrected chi connectivity index (χ0v) is 44.0. The van der Waals surface area contributed by atoms with Gasteiger partial charge in [-0.15, -0.1) is 0 Å². The van der Waals surface area contributed by atoms with E-state index in [-0.39, 0.29) is 80.6 Å². The van der Waals surface area contributed by atoms with Crippen LogP contribution in [0.1, 0.15) is 99.1 Å². The van der Waals surface area contributed by atoms with Crippen molar-refractivity contribution in [1.82, 2.24) is 39.4 Å². The highest BCUT2D eigenvalue weighted by Crippen LogP contribution is 2.42. The summed E-state index contributed by atoms with van der Waals surface area (Å²) in [6, 6.07) is 11.5. The quantitative estimate of drug-likeness (QED) is 0.0872. The lowest BCUT2D eigenvalue weighted by Crippen LogP contribution is -2.52. The number of primary amides is 1. The lowest BCUT2D eigenvalue weighted by atomic mass is 9.75. The molecule has 0 atom stereocenters. The van der Waals surface area contributed by atoms with Crippen LogP contribution in [0.5, 0.6) is 0 Å². The first kappa shape index (κ1) is 53.8. The predicted octanol–water partition coefficient (Wildman–Crippen LogP) is 8.09. The van der Waals surface area contributed by atoms with Crippen molar-refractivity contribution in [2.75, 3.05) is 86.4 Å². The highest BCUT2D eigenvalue weighted by atomic mass is 35.5. The van der Waals surface area contributed by atoms with Crippen LogP contribution in [0.4, 0.5) is 50.9 Å². The number of ether oxygens (including phenoxy) is 2. The van der Waals surface area contributed by atoms with Gasteiger partial charge >= 0.3 is 18.4 Å². The lowest BCUT2D eigenvalue weighted by Gasteiger charge is -2.36. The van der Waals surface area contributed by atoms with Crippen molar-refractivity contribution in [3.05, 3.63) is 92.5 Å². The summed E-state index contributed by atoms with van der Waals surface area (Å²) in [6.07, 6.45) is -2.35. The number of anilines is 5. The number of ketones is 1. The number of hydrogen-bond donors (Lipinski definition) is 4. The Labute approximate surface area is 445 Å². The van der Waals surface area contributed by atoms with Gasteiger partial charge < -0.3 is 45.9 Å². The monoisotopic (exact) mass is 1090 g/mol. The molecule has 3 fully saturated rings. The molecule has 76 heavy (non-hydrogen) atoms. The third kappa shape index (κ3) is 12.4. The molecule has 2 aliphatic carbocycles. The molecule has 5 aromatic rings. The van der Waals surface area contributed by atoms with Crippen molar-refractivity contribution in [3.8, 4) is 5.69 Å². The van der Waals surface area contributed by atoms with E-state index in [1.165, 1.54) is 35.7 Å². The van der Waals surface area contributed by atoms with E-state index in [0.29, 0.717) is 83.4 Å². The van der Waals surface area contributed by atoms with Gasteiger partial charge in [-0.3, -0.25) is 19.3 Å². The van der Waals surface area contributed by atoms with Crippen LogP contribution in [0.15, 0.2) is 48.7 Å². The molecule has 2 aromatic carbocycles. The fourth-order valence-corrected chi connectivity index (χ4v) is 11.0. The van der Waals surface area contributed by atoms with E-state index in [4.69, 9.17) is 26.8 Å². The van der Waals surface area contributed by atoms with Crippen molar-refractivity contribution >= 4 is 80.9 Å². The van der Waals surface area contributed by atoms with Gasteiger partial charge in [-0.2, -0.15) is 18.3 Å². The number of para-hydroxylation sites is 1. The Bertz CT molecular complexity index is 3000. The standard InChI is InChI=1S/C51H59ClF3N13O7S/c1-29-6-5-7-35(52)43(29)62-46(71)39-28-57-47(76-39)61-40-25-41(59-30(2)58-40)65-16-14-64(15-17-65)22-23-74-48(72)66-18-20-67(21-19-66)49(73)75-33-11-8-31(9-12-33)60-36-24-32(10-13-34(36)45(56)70)68-37-26-50(3,4)27-38(69)42(37)44(63-68)51(53,54)55/h5-7,10,13,24-25,28,31,33,60H,8-9,11-12,14-23,26-27H2,1-4H3,(H2,56,70)(H,62,71)(H,57,58,59,61)/t31-,33-. The van der Waals surface area contributed by atoms with Crippen LogP contribution in [-0.4, -0.2) is 147 Å². The zero-order valence-electron chi connectivity index (χ0n) is 42.5. The van der Waals surface area contributed by atoms with Gasteiger partial charge in [0.05, 0.1) is 39.4 Å². The molecule has 1 saturated carbocycles. The Morgan fingerprint density at radius 3 is 2.30 bits per heavy atom. The summed E-state index contributed by atoms with van der Waals surface area (Å²) in [5.74, 6) is 0.207. The van der Waals surface area contributed by atoms with Crippen molar-refractivity contribution < 1.29 is 46.6 Å². The third-order valence-electron chi connectivity index (χ3n) is 14.0. The molecule has 0 spiro atoms. The average Bonchev–Trinajstić information content (AvgIpc) is 4.01. The van der Waals surface area contributed by atoms with Crippen molar-refractivity contribution in [3.63, 3.8) is 0 Å². The predicted molar refractivity (Wildman–Crippen MR) is 279 cm³/mol. The molecule has 5 N–H and O–H groups in total. The van der Waals surface area contributed by atoms with E-state index in [0.717, 1.165) is 29.2 Å². The number of rotatable bonds is 13. The second-order valence-corrected chi connectivity index (χ2v) is 21.7. The summed E-state index contributed by atoms with van der Waals surface area (Å²) in [5, 5.41) is 14.3. The molecule has 0 unspecified atom stereocenters. The Balaban J connectivity index is 0.686. The minimum atomic E-state index is -4.85. The molecular formula is C51H59ClF3N13O7S. The number of nitrogens with two attached hydrogens (primary N) is 1. The number of nitrogens with zero attached hydrogens (tertiary/aromatic N) is 9. The maximum atomic E-state index is 14.1. The van der Waals surface area contributed by atoms with Crippen molar-refractivity contribution in [2.24, 2.45) is 11.1 Å². The molecule has 404 valence electrons. The number of amides is 4. The van der Waals surface area contributed by atoms with E-state index >= 15 is 0 Å². The van der Waals surface area contributed by atoms with Gasteiger partial charge in [-0.25, -0.2) is 29.2 Å². The molecule has 0 radical (unpaired) electrons. The molecule has 3 aromatic heterocycles. The summed E-state index contributed by atoms with van der Waals surface area (Å²) < 4.78 is 55.1. The number of Topliss-reactive ketones (excluding diaryl/α,β-unsaturated/α-hetero) is 1. The molecule has 4 amide bonds. The van der Waals surface area contributed by atoms with Crippen LogP contribution in [-0.2, 0) is 22.1 Å². The highest BCUT2D eigenvalue weighted by molar-refractivity contribution is 7.17. The van der Waals surface area contributed by atoms with Gasteiger partial charge in [-0.05, 0) is 81.2 Å². The molecule has 25 heteroatoms. The maximum absolute atomic E-state index is 14.1. The van der Waals surface area contributed by atoms with E-state index in [1.807, 2.05) is 45.9 Å². The van der Waals surface area contributed by atoms with Crippen LogP contribution >= 0.6 is 22.9 Å². The Kier molecular flexibility index (Phi) is 15.8. The highest BCUT2D eigenvalue weighted by Gasteiger charge is 2.45. The van der Waals surface area contributed by atoms with Crippen LogP contribution in [0.2, 0.25) is 5.02 Å². The van der Waals surface area contributed by atoms with E-state index < -0.39 is 46.7 Å². The summed E-state index contributed by atoms with van der Waals surface area (Å²) in [4.78, 5) is 86.3. The van der Waals surface area contributed by atoms with Crippen LogP contribution in [0, 0.1) is 19.3 Å². The number of nitrogens with one attached hydrogen (secondary N) is 3. The summed E-state index contributed by atoms with van der Waals surface area (Å²) >= 11 is 7.49. The minimum absolute atomic E-state index is 0.0392. The second kappa shape index (κ2) is 22.3. The first-order chi connectivity index (χ1) is 36.2. The van der Waals surface area contributed by atoms with Crippen LogP contribution in [0.25, 0.3) is 5.69 Å². The number of carbonyl (C=O) groups excluding carboxylic acids is 5. The number of alkyl halides is 3. The van der Waals surface area contributed by atoms with Gasteiger partial charge in [0.1, 0.15) is 35.0 Å². The van der Waals surface area contributed by atoms with Crippen LogP contribution in [0.3, 0.4) is 0 Å². The SMILES string of the molecule is Cc1nc(Nc2ncc(C(=O)Nc3c(C)cccc3Cl)s2)cc(N2CCN(CCOC(=O)N3CCN(C(=O)O[C@H]4CC[C@H](Nc5cc(-n6nc(C(F)(F)F)c7c6CC(C)(C)CC7=O)ccc5C(N)=O)CC4)CC3)CC2)n1. The smallest absolute Gasteiger partial charge is 0.435 e. The number of carbonyl (C=O) groups is 5. The largest absolute Gasteiger partial charge is 0.448 e. The topological polar surface area (TPSA) is 235 Å². The average molecular weight is 1090 g/mol. The number of piperazine rings is 2. The maximum Gasteiger partial charge on any atom is 0.435 e. The number of fused-ring (bicyclic) bond motifs is 1. The molecule has 9 rings (SSSR count). The van der Waals surface area contributed by atoms with Gasteiger partial charge in [0.2, 0.25) is 0 Å². The van der Waals surface area contributed by atoms with Gasteiger partial charge in [0.25, 0.3) is 11.8 Å². The molecule has 20 nitrogen and oxygen atoms in total. The third-order valence-corrected chi connectivity index (χ3v) is 15.2. The van der Waals surface area contributed by atoms with Crippen molar-refractivity contribution in [2.45, 2.75) is 84.5 Å². The zero-order chi connectivity index (χ0) is 54.1. The Morgan fingerprint density at radius 2 is 1.62 bits per heavy atom. The molecule has 2 aliphatic heterocycles. The van der Waals surface area contributed by atoms with Crippen LogP contribution < -0.4 is 26.6 Å². The van der Waals surface area contributed by atoms with Gasteiger partial charge in [0, 0.05) is 83.1 Å². The number of aromatic nitrogens is 5. The lowest BCUT2D eigenvalue weighted by molar-refractivity contribution is -0.141. The van der Waals surface area contributed by atoms with E-state index in [2.05, 4.69) is 45.8 Å². The van der Waals surface area contributed by atoms with E-state index in [1.54, 1.807) is 15.9 Å². The normalized spacial score (nSPS) is 18.9. The fourth-order valence-electron chi connectivity index (χ4n) is 10.0. The molecule has 4 aliphatic rings. The second-order valence-electron chi connectivity index (χ2n) is 20.2. The first-order valence-electron chi connectivity index (χ1n) is 25.1. The fraction of sp³-hybridized carbons (Fsp3) is 0.471. The first-order valence-corrected chi connectivity index (χ1v) is 26.3. The molecule has 2 saturated heterocycles. The number of hydrogen-bond acceptors (Lipinski definition) is 16. The Morgan fingerprint density at radius 1 is 0.908 bits per heavy atom. The Hall–Kier alpha value is -7.05. The van der Waals surface area contributed by atoms with Gasteiger partial charge in [-0.1, -0.05) is 48.9 Å².